The summed E-state index contributed by atoms with van der Waals surface area (Å²) >= 11 is 0. The molecule has 0 saturated heterocycles. The summed E-state index contributed by atoms with van der Waals surface area (Å²) in [5.74, 6) is 2.05. The molecule has 0 spiro atoms. The van der Waals surface area contributed by atoms with E-state index in [2.05, 4.69) is 60.6 Å². The molecular weight excluding hydrogens is 268 g/mol. The molecule has 0 aliphatic heterocycles. The number of hydrogen-bond donors (Lipinski definition) is 1. The lowest BCUT2D eigenvalue weighted by Crippen LogP contribution is -2.19. The van der Waals surface area contributed by atoms with Gasteiger partial charge in [0.1, 0.15) is 5.75 Å². The second kappa shape index (κ2) is 5.91. The lowest BCUT2D eigenvalue weighted by molar-refractivity contribution is 0.346. The Bertz CT molecular complexity index is 485. The zero-order valence-corrected chi connectivity index (χ0v) is 15.6. The Balaban J connectivity index is 2.51. The van der Waals surface area contributed by atoms with E-state index in [-0.39, 0.29) is 10.8 Å². The van der Waals surface area contributed by atoms with Gasteiger partial charge in [-0.1, -0.05) is 73.4 Å². The van der Waals surface area contributed by atoms with Crippen LogP contribution in [-0.4, -0.2) is 5.11 Å². The molecule has 0 heterocycles. The van der Waals surface area contributed by atoms with Crippen molar-refractivity contribution in [1.82, 2.24) is 0 Å². The van der Waals surface area contributed by atoms with Crippen LogP contribution < -0.4 is 0 Å². The summed E-state index contributed by atoms with van der Waals surface area (Å²) < 4.78 is 0. The van der Waals surface area contributed by atoms with Gasteiger partial charge in [-0.3, -0.25) is 0 Å². The predicted octanol–water partition coefficient (Wildman–Crippen LogP) is 6.28. The Morgan fingerprint density at radius 2 is 1.23 bits per heavy atom. The third-order valence-corrected chi connectivity index (χ3v) is 5.24. The Labute approximate surface area is 137 Å². The van der Waals surface area contributed by atoms with Crippen LogP contribution in [0, 0.1) is 5.92 Å². The van der Waals surface area contributed by atoms with Crippen LogP contribution in [0.4, 0.5) is 0 Å². The highest BCUT2D eigenvalue weighted by molar-refractivity contribution is 5.50. The number of aromatic hydroxyl groups is 1. The Morgan fingerprint density at radius 1 is 0.818 bits per heavy atom. The van der Waals surface area contributed by atoms with Gasteiger partial charge >= 0.3 is 0 Å². The summed E-state index contributed by atoms with van der Waals surface area (Å²) in [6.07, 6.45) is 5.25. The third-order valence-electron chi connectivity index (χ3n) is 5.24. The first-order chi connectivity index (χ1) is 10.00. The van der Waals surface area contributed by atoms with Gasteiger partial charge in [-0.15, -0.1) is 0 Å². The molecule has 1 aromatic rings. The quantitative estimate of drug-likeness (QED) is 0.647. The summed E-state index contributed by atoms with van der Waals surface area (Å²) in [7, 11) is 0. The zero-order chi connectivity index (χ0) is 16.7. The normalized spacial score (nSPS) is 23.6. The van der Waals surface area contributed by atoms with E-state index in [0.29, 0.717) is 11.7 Å². The first-order valence-electron chi connectivity index (χ1n) is 8.88. The molecular formula is C21H34O. The van der Waals surface area contributed by atoms with Gasteiger partial charge in [0.2, 0.25) is 0 Å². The molecule has 0 radical (unpaired) electrons. The van der Waals surface area contributed by atoms with E-state index in [1.54, 1.807) is 0 Å². The molecule has 2 rings (SSSR count). The van der Waals surface area contributed by atoms with E-state index in [9.17, 15) is 5.11 Å². The van der Waals surface area contributed by atoms with Crippen molar-refractivity contribution >= 4 is 0 Å². The van der Waals surface area contributed by atoms with Gasteiger partial charge in [0.25, 0.3) is 0 Å². The fourth-order valence-electron chi connectivity index (χ4n) is 3.63. The van der Waals surface area contributed by atoms with Crippen molar-refractivity contribution in [2.75, 3.05) is 0 Å². The highest BCUT2D eigenvalue weighted by Gasteiger charge is 2.29. The van der Waals surface area contributed by atoms with Crippen molar-refractivity contribution in [2.45, 2.75) is 90.9 Å². The van der Waals surface area contributed by atoms with E-state index < -0.39 is 0 Å². The summed E-state index contributed by atoms with van der Waals surface area (Å²) in [6, 6.07) is 4.57. The zero-order valence-electron chi connectivity index (χ0n) is 15.6. The minimum Gasteiger partial charge on any atom is -0.507 e. The van der Waals surface area contributed by atoms with Crippen molar-refractivity contribution in [2.24, 2.45) is 5.92 Å². The number of phenolic OH excluding ortho intramolecular Hbond substituents is 1. The van der Waals surface area contributed by atoms with Crippen molar-refractivity contribution in [3.05, 3.63) is 28.8 Å². The van der Waals surface area contributed by atoms with Gasteiger partial charge in [0.05, 0.1) is 0 Å². The molecule has 1 nitrogen and oxygen atoms in total. The van der Waals surface area contributed by atoms with Crippen LogP contribution in [0.5, 0.6) is 5.75 Å². The molecule has 0 aromatic heterocycles. The average Bonchev–Trinajstić information content (AvgIpc) is 2.37. The summed E-state index contributed by atoms with van der Waals surface area (Å²) in [5, 5.41) is 10.8. The average molecular weight is 303 g/mol. The Morgan fingerprint density at radius 3 is 1.59 bits per heavy atom. The Kier molecular flexibility index (Phi) is 4.66. The lowest BCUT2D eigenvalue weighted by atomic mass is 9.74. The molecule has 0 bridgehead atoms. The minimum atomic E-state index is -0.0257. The molecule has 1 heteroatoms. The highest BCUT2D eigenvalue weighted by atomic mass is 16.3. The van der Waals surface area contributed by atoms with Crippen LogP contribution in [0.1, 0.15) is 96.8 Å². The second-order valence-corrected chi connectivity index (χ2v) is 9.42. The number of rotatable bonds is 1. The van der Waals surface area contributed by atoms with Crippen molar-refractivity contribution in [3.8, 4) is 5.75 Å². The smallest absolute Gasteiger partial charge is 0.123 e. The van der Waals surface area contributed by atoms with Crippen LogP contribution in [0.25, 0.3) is 0 Å². The molecule has 0 atom stereocenters. The highest BCUT2D eigenvalue weighted by Crippen LogP contribution is 2.44. The van der Waals surface area contributed by atoms with Gasteiger partial charge in [0, 0.05) is 0 Å². The molecule has 0 amide bonds. The molecule has 1 N–H and O–H groups in total. The molecule has 1 aliphatic carbocycles. The van der Waals surface area contributed by atoms with Crippen molar-refractivity contribution in [3.63, 3.8) is 0 Å². The fourth-order valence-corrected chi connectivity index (χ4v) is 3.63. The summed E-state index contributed by atoms with van der Waals surface area (Å²) in [4.78, 5) is 0. The van der Waals surface area contributed by atoms with Gasteiger partial charge < -0.3 is 5.11 Å². The van der Waals surface area contributed by atoms with Crippen LogP contribution >= 0.6 is 0 Å². The SMILES string of the molecule is CC1CCC(c2cc(C(C)(C)C)c(O)c(C(C)(C)C)c2)CC1. The van der Waals surface area contributed by atoms with Crippen LogP contribution in [0.3, 0.4) is 0 Å². The fraction of sp³-hybridized carbons (Fsp3) is 0.714. The predicted molar refractivity (Wildman–Crippen MR) is 95.9 cm³/mol. The van der Waals surface area contributed by atoms with Crippen molar-refractivity contribution < 1.29 is 5.11 Å². The summed E-state index contributed by atoms with van der Waals surface area (Å²) in [6.45, 7) is 15.5. The topological polar surface area (TPSA) is 20.2 Å². The van der Waals surface area contributed by atoms with E-state index in [4.69, 9.17) is 0 Å². The van der Waals surface area contributed by atoms with Crippen molar-refractivity contribution in [1.29, 1.82) is 0 Å². The number of benzene rings is 1. The standard InChI is InChI=1S/C21H34O/c1-14-8-10-15(11-9-14)16-12-17(20(2,3)4)19(22)18(13-16)21(5,6)7/h12-15,22H,8-11H2,1-7H3. The number of phenols is 1. The van der Waals surface area contributed by atoms with E-state index in [0.717, 1.165) is 17.0 Å². The molecule has 1 aromatic carbocycles. The van der Waals surface area contributed by atoms with Crippen LogP contribution in [0.2, 0.25) is 0 Å². The van der Waals surface area contributed by atoms with Gasteiger partial charge in [-0.2, -0.15) is 0 Å². The monoisotopic (exact) mass is 302 g/mol. The third kappa shape index (κ3) is 3.67. The van der Waals surface area contributed by atoms with Gasteiger partial charge in [0.15, 0.2) is 0 Å². The summed E-state index contributed by atoms with van der Waals surface area (Å²) in [5.41, 5.74) is 3.60. The number of hydrogen-bond acceptors (Lipinski definition) is 1. The molecule has 124 valence electrons. The molecule has 1 saturated carbocycles. The molecule has 1 aliphatic rings. The van der Waals surface area contributed by atoms with Gasteiger partial charge in [-0.05, 0) is 52.2 Å². The largest absolute Gasteiger partial charge is 0.507 e. The first-order valence-corrected chi connectivity index (χ1v) is 8.88. The minimum absolute atomic E-state index is 0.0257. The first kappa shape index (κ1) is 17.4. The molecule has 1 fully saturated rings. The maximum absolute atomic E-state index is 10.8. The lowest BCUT2D eigenvalue weighted by Gasteiger charge is -2.32. The van der Waals surface area contributed by atoms with Crippen LogP contribution in [-0.2, 0) is 10.8 Å². The molecule has 0 unspecified atom stereocenters. The van der Waals surface area contributed by atoms with E-state index >= 15 is 0 Å². The van der Waals surface area contributed by atoms with E-state index in [1.807, 2.05) is 0 Å². The maximum Gasteiger partial charge on any atom is 0.123 e. The maximum atomic E-state index is 10.8. The van der Waals surface area contributed by atoms with E-state index in [1.165, 1.54) is 31.2 Å². The van der Waals surface area contributed by atoms with Gasteiger partial charge in [-0.25, -0.2) is 0 Å². The molecule has 22 heavy (non-hydrogen) atoms. The Hall–Kier alpha value is -0.980. The second-order valence-electron chi connectivity index (χ2n) is 9.42. The van der Waals surface area contributed by atoms with Crippen LogP contribution in [0.15, 0.2) is 12.1 Å².